The molecule has 7 nitrogen and oxygen atoms in total. The average molecular weight is 417 g/mol. The summed E-state index contributed by atoms with van der Waals surface area (Å²) in [6, 6.07) is 19.5. The van der Waals surface area contributed by atoms with Crippen LogP contribution in [0.3, 0.4) is 0 Å². The van der Waals surface area contributed by atoms with Gasteiger partial charge in [-0.25, -0.2) is 4.79 Å². The number of aryl methyl sites for hydroxylation is 1. The lowest BCUT2D eigenvalue weighted by Crippen LogP contribution is -2.40. The van der Waals surface area contributed by atoms with Gasteiger partial charge in [-0.05, 0) is 29.3 Å². The van der Waals surface area contributed by atoms with Crippen LogP contribution in [0.1, 0.15) is 22.7 Å². The normalized spacial score (nSPS) is 19.7. The highest BCUT2D eigenvalue weighted by Crippen LogP contribution is 2.46. The molecule has 0 aromatic heterocycles. The van der Waals surface area contributed by atoms with Gasteiger partial charge in [0.1, 0.15) is 18.7 Å². The summed E-state index contributed by atoms with van der Waals surface area (Å²) in [5, 5.41) is 10.0. The molecule has 0 radical (unpaired) electrons. The Balaban J connectivity index is 1.28. The SMILES string of the molecule is Cc1ccc(CON=CNC(=O)N2OC[C@H]3COc4ccc5ccccc5c4[C@@H]32)cc1. The number of carbonyl (C=O) groups excluding carboxylic acids is 1. The van der Waals surface area contributed by atoms with Gasteiger partial charge in [0, 0.05) is 11.5 Å². The highest BCUT2D eigenvalue weighted by Gasteiger charge is 2.45. The molecule has 7 heteroatoms. The van der Waals surface area contributed by atoms with E-state index in [4.69, 9.17) is 14.4 Å². The fourth-order valence-electron chi connectivity index (χ4n) is 4.10. The van der Waals surface area contributed by atoms with Gasteiger partial charge in [-0.1, -0.05) is 65.3 Å². The molecule has 0 saturated carbocycles. The van der Waals surface area contributed by atoms with E-state index in [9.17, 15) is 4.79 Å². The van der Waals surface area contributed by atoms with E-state index in [2.05, 4.69) is 22.6 Å². The highest BCUT2D eigenvalue weighted by molar-refractivity contribution is 5.90. The molecule has 158 valence electrons. The summed E-state index contributed by atoms with van der Waals surface area (Å²) in [5.74, 6) is 0.858. The van der Waals surface area contributed by atoms with Crippen molar-refractivity contribution in [1.82, 2.24) is 10.4 Å². The summed E-state index contributed by atoms with van der Waals surface area (Å²) >= 11 is 0. The van der Waals surface area contributed by atoms with Crippen molar-refractivity contribution in [3.05, 3.63) is 77.4 Å². The number of hydrogen-bond acceptors (Lipinski definition) is 5. The molecule has 5 rings (SSSR count). The van der Waals surface area contributed by atoms with E-state index in [1.54, 1.807) is 0 Å². The average Bonchev–Trinajstić information content (AvgIpc) is 3.24. The molecule has 3 aromatic rings. The molecule has 2 heterocycles. The van der Waals surface area contributed by atoms with Crippen molar-refractivity contribution in [2.45, 2.75) is 19.6 Å². The maximum absolute atomic E-state index is 12.8. The number of nitrogens with zero attached hydrogens (tertiary/aromatic N) is 2. The van der Waals surface area contributed by atoms with Crippen molar-refractivity contribution in [2.24, 2.45) is 11.1 Å². The van der Waals surface area contributed by atoms with Gasteiger partial charge in [0.25, 0.3) is 0 Å². The quantitative estimate of drug-likeness (QED) is 0.390. The molecule has 31 heavy (non-hydrogen) atoms. The molecule has 0 aliphatic carbocycles. The third kappa shape index (κ3) is 3.80. The van der Waals surface area contributed by atoms with Gasteiger partial charge in [0.15, 0.2) is 0 Å². The third-order valence-corrected chi connectivity index (χ3v) is 5.67. The second-order valence-corrected chi connectivity index (χ2v) is 7.78. The van der Waals surface area contributed by atoms with Gasteiger partial charge < -0.3 is 9.57 Å². The summed E-state index contributed by atoms with van der Waals surface area (Å²) in [5.41, 5.74) is 3.17. The lowest BCUT2D eigenvalue weighted by atomic mass is 9.88. The first-order valence-electron chi connectivity index (χ1n) is 10.3. The maximum atomic E-state index is 12.8. The van der Waals surface area contributed by atoms with Crippen molar-refractivity contribution in [3.63, 3.8) is 0 Å². The molecule has 2 amide bonds. The minimum atomic E-state index is -0.393. The monoisotopic (exact) mass is 417 g/mol. The number of hydrogen-bond donors (Lipinski definition) is 1. The predicted molar refractivity (Wildman–Crippen MR) is 116 cm³/mol. The second kappa shape index (κ2) is 8.28. The van der Waals surface area contributed by atoms with E-state index in [0.29, 0.717) is 19.8 Å². The summed E-state index contributed by atoms with van der Waals surface area (Å²) in [7, 11) is 0. The maximum Gasteiger partial charge on any atom is 0.347 e. The summed E-state index contributed by atoms with van der Waals surface area (Å²) < 4.78 is 5.95. The van der Waals surface area contributed by atoms with Crippen LogP contribution < -0.4 is 10.1 Å². The van der Waals surface area contributed by atoms with Crippen LogP contribution in [0.4, 0.5) is 4.79 Å². The Hall–Kier alpha value is -3.58. The van der Waals surface area contributed by atoms with Gasteiger partial charge in [0.05, 0.1) is 19.3 Å². The zero-order valence-electron chi connectivity index (χ0n) is 17.2. The Morgan fingerprint density at radius 3 is 2.87 bits per heavy atom. The highest BCUT2D eigenvalue weighted by atomic mass is 16.7. The molecule has 0 bridgehead atoms. The van der Waals surface area contributed by atoms with Crippen LogP contribution in [-0.2, 0) is 16.3 Å². The van der Waals surface area contributed by atoms with E-state index in [1.165, 1.54) is 17.0 Å². The third-order valence-electron chi connectivity index (χ3n) is 5.67. The fourth-order valence-corrected chi connectivity index (χ4v) is 4.10. The Kier molecular flexibility index (Phi) is 5.18. The molecule has 3 aromatic carbocycles. The van der Waals surface area contributed by atoms with Gasteiger partial charge in [-0.2, -0.15) is 5.06 Å². The lowest BCUT2D eigenvalue weighted by Gasteiger charge is -2.32. The first-order valence-corrected chi connectivity index (χ1v) is 10.3. The van der Waals surface area contributed by atoms with E-state index in [1.807, 2.05) is 55.5 Å². The molecular formula is C24H23N3O4. The molecule has 0 spiro atoms. The van der Waals surface area contributed by atoms with E-state index in [-0.39, 0.29) is 12.0 Å². The Bertz CT molecular complexity index is 1130. The summed E-state index contributed by atoms with van der Waals surface area (Å²) in [6.45, 7) is 3.28. The number of amides is 2. The van der Waals surface area contributed by atoms with E-state index in [0.717, 1.165) is 27.6 Å². The van der Waals surface area contributed by atoms with Crippen molar-refractivity contribution in [2.75, 3.05) is 13.2 Å². The topological polar surface area (TPSA) is 72.4 Å². The molecule has 2 atom stereocenters. The molecule has 2 aliphatic heterocycles. The molecule has 0 unspecified atom stereocenters. The van der Waals surface area contributed by atoms with Crippen LogP contribution >= 0.6 is 0 Å². The van der Waals surface area contributed by atoms with E-state index >= 15 is 0 Å². The molecule has 2 aliphatic rings. The van der Waals surface area contributed by atoms with Crippen molar-refractivity contribution < 1.29 is 19.2 Å². The van der Waals surface area contributed by atoms with Gasteiger partial charge in [0.2, 0.25) is 0 Å². The standard InChI is InChI=1S/C24H23N3O4/c1-16-6-8-17(9-7-16)12-30-26-15-25-24(28)27-23-19(14-31-27)13-29-21-11-10-18-4-2-3-5-20(18)22(21)23/h2-11,15,19,23H,12-14H2,1H3,(H,25,26,28)/t19-,23-/m1/s1. The number of rotatable bonds is 4. The van der Waals surface area contributed by atoms with Crippen LogP contribution in [0.15, 0.2) is 65.8 Å². The smallest absolute Gasteiger partial charge is 0.347 e. The lowest BCUT2D eigenvalue weighted by molar-refractivity contribution is -0.0862. The molecular weight excluding hydrogens is 394 g/mol. The van der Waals surface area contributed by atoms with Crippen molar-refractivity contribution in [3.8, 4) is 5.75 Å². The Morgan fingerprint density at radius 2 is 2.00 bits per heavy atom. The Labute approximate surface area is 180 Å². The van der Waals surface area contributed by atoms with Crippen molar-refractivity contribution in [1.29, 1.82) is 0 Å². The predicted octanol–water partition coefficient (Wildman–Crippen LogP) is 4.31. The second-order valence-electron chi connectivity index (χ2n) is 7.78. The molecule has 1 N–H and O–H groups in total. The zero-order valence-corrected chi connectivity index (χ0v) is 17.2. The van der Waals surface area contributed by atoms with Crippen LogP contribution in [-0.4, -0.2) is 30.6 Å². The molecule has 1 fully saturated rings. The van der Waals surface area contributed by atoms with Crippen LogP contribution in [0, 0.1) is 12.8 Å². The minimum Gasteiger partial charge on any atom is -0.493 e. The van der Waals surface area contributed by atoms with Crippen LogP contribution in [0.2, 0.25) is 0 Å². The number of nitrogens with one attached hydrogen (secondary N) is 1. The number of fused-ring (bicyclic) bond motifs is 5. The van der Waals surface area contributed by atoms with Crippen molar-refractivity contribution >= 4 is 23.1 Å². The number of urea groups is 1. The summed E-state index contributed by atoms with van der Waals surface area (Å²) in [4.78, 5) is 23.8. The zero-order chi connectivity index (χ0) is 21.2. The van der Waals surface area contributed by atoms with Crippen LogP contribution in [0.5, 0.6) is 5.75 Å². The fraction of sp³-hybridized carbons (Fsp3) is 0.250. The number of carbonyl (C=O) groups is 1. The van der Waals surface area contributed by atoms with Gasteiger partial charge in [-0.3, -0.25) is 10.2 Å². The van der Waals surface area contributed by atoms with Crippen LogP contribution in [0.25, 0.3) is 10.8 Å². The van der Waals surface area contributed by atoms with Gasteiger partial charge in [-0.15, -0.1) is 0 Å². The number of oxime groups is 1. The summed E-state index contributed by atoms with van der Waals surface area (Å²) in [6.07, 6.45) is 1.25. The first-order chi connectivity index (χ1) is 15.2. The number of hydroxylamine groups is 2. The molecule has 1 saturated heterocycles. The number of benzene rings is 3. The first kappa shape index (κ1) is 19.4. The number of ether oxygens (including phenoxy) is 1. The Morgan fingerprint density at radius 1 is 1.16 bits per heavy atom. The van der Waals surface area contributed by atoms with E-state index < -0.39 is 6.03 Å². The minimum absolute atomic E-state index is 0.0683. The van der Waals surface area contributed by atoms with Gasteiger partial charge >= 0.3 is 6.03 Å². The largest absolute Gasteiger partial charge is 0.493 e.